The van der Waals surface area contributed by atoms with E-state index in [1.54, 1.807) is 11.8 Å². The lowest BCUT2D eigenvalue weighted by atomic mass is 10.1. The fourth-order valence-corrected chi connectivity index (χ4v) is 1.54. The molecule has 0 aliphatic carbocycles. The minimum absolute atomic E-state index is 0.0521. The number of amides is 2. The maximum absolute atomic E-state index is 11.7. The molecule has 6 heteroatoms. The molecular weight excluding hydrogens is 236 g/mol. The van der Waals surface area contributed by atoms with Crippen molar-refractivity contribution in [3.05, 3.63) is 0 Å². The molecule has 0 bridgehead atoms. The fourth-order valence-electron chi connectivity index (χ4n) is 1.54. The van der Waals surface area contributed by atoms with Gasteiger partial charge in [0.2, 0.25) is 0 Å². The number of aliphatic hydroxyl groups excluding tert-OH is 1. The molecule has 0 rings (SSSR count). The topological polar surface area (TPSA) is 89.9 Å². The van der Waals surface area contributed by atoms with Crippen LogP contribution in [0.2, 0.25) is 0 Å². The first-order valence-electron chi connectivity index (χ1n) is 6.39. The van der Waals surface area contributed by atoms with E-state index in [1.807, 2.05) is 6.92 Å². The van der Waals surface area contributed by atoms with Crippen LogP contribution in [0.4, 0.5) is 4.79 Å². The summed E-state index contributed by atoms with van der Waals surface area (Å²) in [6.07, 6.45) is 2.02. The Hall–Kier alpha value is -1.30. The van der Waals surface area contributed by atoms with Gasteiger partial charge in [0.1, 0.15) is 0 Å². The second-order valence-electron chi connectivity index (χ2n) is 4.32. The number of carboxylic acid groups (broad SMARTS) is 1. The minimum atomic E-state index is -0.811. The Morgan fingerprint density at radius 1 is 1.33 bits per heavy atom. The molecular formula is C12H24N2O4. The van der Waals surface area contributed by atoms with Gasteiger partial charge in [0.15, 0.2) is 0 Å². The zero-order valence-corrected chi connectivity index (χ0v) is 11.2. The van der Waals surface area contributed by atoms with Crippen LogP contribution in [0.5, 0.6) is 0 Å². The van der Waals surface area contributed by atoms with Crippen molar-refractivity contribution in [3.8, 4) is 0 Å². The van der Waals surface area contributed by atoms with Crippen molar-refractivity contribution in [1.29, 1.82) is 0 Å². The van der Waals surface area contributed by atoms with Crippen LogP contribution >= 0.6 is 0 Å². The summed E-state index contributed by atoms with van der Waals surface area (Å²) in [6.45, 7) is 4.96. The Bertz CT molecular complexity index is 252. The molecule has 0 spiro atoms. The van der Waals surface area contributed by atoms with E-state index in [9.17, 15) is 9.59 Å². The van der Waals surface area contributed by atoms with Crippen LogP contribution in [0.1, 0.15) is 33.1 Å². The van der Waals surface area contributed by atoms with Gasteiger partial charge in [-0.2, -0.15) is 0 Å². The number of aliphatic carboxylic acids is 1. The molecule has 6 nitrogen and oxygen atoms in total. The monoisotopic (exact) mass is 260 g/mol. The van der Waals surface area contributed by atoms with Crippen molar-refractivity contribution in [2.24, 2.45) is 5.92 Å². The zero-order valence-electron chi connectivity index (χ0n) is 11.2. The van der Waals surface area contributed by atoms with Gasteiger partial charge in [-0.3, -0.25) is 4.79 Å². The summed E-state index contributed by atoms with van der Waals surface area (Å²) in [7, 11) is 0. The molecule has 0 fully saturated rings. The highest BCUT2D eigenvalue weighted by Gasteiger charge is 2.12. The second-order valence-corrected chi connectivity index (χ2v) is 4.32. The molecule has 0 saturated heterocycles. The highest BCUT2D eigenvalue weighted by Crippen LogP contribution is 2.04. The van der Waals surface area contributed by atoms with Gasteiger partial charge in [0.05, 0.1) is 12.5 Å². The summed E-state index contributed by atoms with van der Waals surface area (Å²) in [5, 5.41) is 20.3. The third-order valence-corrected chi connectivity index (χ3v) is 2.66. The van der Waals surface area contributed by atoms with Crippen LogP contribution in [0.3, 0.4) is 0 Å². The number of nitrogens with one attached hydrogen (secondary N) is 1. The fraction of sp³-hybridized carbons (Fsp3) is 0.833. The minimum Gasteiger partial charge on any atom is -0.481 e. The first-order valence-corrected chi connectivity index (χ1v) is 6.39. The number of hydrogen-bond donors (Lipinski definition) is 3. The Balaban J connectivity index is 3.83. The van der Waals surface area contributed by atoms with E-state index in [2.05, 4.69) is 5.32 Å². The lowest BCUT2D eigenvalue weighted by Gasteiger charge is -2.21. The highest BCUT2D eigenvalue weighted by atomic mass is 16.4. The average molecular weight is 260 g/mol. The van der Waals surface area contributed by atoms with Crippen LogP contribution in [-0.2, 0) is 4.79 Å². The summed E-state index contributed by atoms with van der Waals surface area (Å²) < 4.78 is 0. The molecule has 0 aromatic heterocycles. The Kier molecular flexibility index (Phi) is 9.00. The van der Waals surface area contributed by atoms with Crippen molar-refractivity contribution < 1.29 is 19.8 Å². The summed E-state index contributed by atoms with van der Waals surface area (Å²) >= 11 is 0. The molecule has 1 atom stereocenters. The first-order chi connectivity index (χ1) is 8.52. The SMILES string of the molecule is CCCN(CCO)C(=O)NCCCC(C)C(=O)O. The Morgan fingerprint density at radius 3 is 2.50 bits per heavy atom. The summed E-state index contributed by atoms with van der Waals surface area (Å²) in [5.41, 5.74) is 0. The number of carbonyl (C=O) groups is 2. The lowest BCUT2D eigenvalue weighted by molar-refractivity contribution is -0.141. The van der Waals surface area contributed by atoms with E-state index in [4.69, 9.17) is 10.2 Å². The third kappa shape index (κ3) is 7.11. The van der Waals surface area contributed by atoms with Gasteiger partial charge in [-0.05, 0) is 19.3 Å². The van der Waals surface area contributed by atoms with Crippen LogP contribution in [-0.4, -0.2) is 53.4 Å². The van der Waals surface area contributed by atoms with Crippen molar-refractivity contribution in [2.75, 3.05) is 26.2 Å². The van der Waals surface area contributed by atoms with Gasteiger partial charge in [0, 0.05) is 19.6 Å². The second kappa shape index (κ2) is 9.70. The number of carbonyl (C=O) groups excluding carboxylic acids is 1. The predicted molar refractivity (Wildman–Crippen MR) is 68.4 cm³/mol. The molecule has 1 unspecified atom stereocenters. The normalized spacial score (nSPS) is 11.9. The van der Waals surface area contributed by atoms with E-state index in [1.165, 1.54) is 0 Å². The third-order valence-electron chi connectivity index (χ3n) is 2.66. The summed E-state index contributed by atoms with van der Waals surface area (Å²) in [6, 6.07) is -0.200. The largest absolute Gasteiger partial charge is 0.481 e. The van der Waals surface area contributed by atoms with Gasteiger partial charge in [0.25, 0.3) is 0 Å². The highest BCUT2D eigenvalue weighted by molar-refractivity contribution is 5.74. The number of nitrogens with zero attached hydrogens (tertiary/aromatic N) is 1. The quantitative estimate of drug-likeness (QED) is 0.537. The maximum atomic E-state index is 11.7. The lowest BCUT2D eigenvalue weighted by Crippen LogP contribution is -2.42. The molecule has 3 N–H and O–H groups in total. The van der Waals surface area contributed by atoms with Gasteiger partial charge < -0.3 is 20.4 Å². The molecule has 0 aromatic rings. The Morgan fingerprint density at radius 2 is 2.00 bits per heavy atom. The van der Waals surface area contributed by atoms with Gasteiger partial charge >= 0.3 is 12.0 Å². The molecule has 0 aliphatic heterocycles. The van der Waals surface area contributed by atoms with Gasteiger partial charge in [-0.1, -0.05) is 13.8 Å². The zero-order chi connectivity index (χ0) is 14.0. The number of rotatable bonds is 9. The van der Waals surface area contributed by atoms with Gasteiger partial charge in [-0.25, -0.2) is 4.79 Å². The molecule has 2 amide bonds. The van der Waals surface area contributed by atoms with Crippen LogP contribution in [0.15, 0.2) is 0 Å². The number of aliphatic hydroxyl groups is 1. The smallest absolute Gasteiger partial charge is 0.317 e. The van der Waals surface area contributed by atoms with Crippen molar-refractivity contribution >= 4 is 12.0 Å². The van der Waals surface area contributed by atoms with E-state index >= 15 is 0 Å². The van der Waals surface area contributed by atoms with Crippen molar-refractivity contribution in [1.82, 2.24) is 10.2 Å². The molecule has 0 aliphatic rings. The number of carboxylic acids is 1. The molecule has 0 saturated carbocycles. The van der Waals surface area contributed by atoms with Gasteiger partial charge in [-0.15, -0.1) is 0 Å². The predicted octanol–water partition coefficient (Wildman–Crippen LogP) is 0.901. The van der Waals surface area contributed by atoms with Crippen LogP contribution < -0.4 is 5.32 Å². The molecule has 18 heavy (non-hydrogen) atoms. The molecule has 0 heterocycles. The van der Waals surface area contributed by atoms with E-state index in [0.717, 1.165) is 6.42 Å². The molecule has 0 aromatic carbocycles. The molecule has 0 radical (unpaired) electrons. The molecule has 106 valence electrons. The van der Waals surface area contributed by atoms with E-state index < -0.39 is 5.97 Å². The Labute approximate surface area is 108 Å². The maximum Gasteiger partial charge on any atom is 0.317 e. The number of hydrogen-bond acceptors (Lipinski definition) is 3. The van der Waals surface area contributed by atoms with E-state index in [-0.39, 0.29) is 18.6 Å². The summed E-state index contributed by atoms with van der Waals surface area (Å²) in [4.78, 5) is 23.8. The van der Waals surface area contributed by atoms with Crippen LogP contribution in [0, 0.1) is 5.92 Å². The standard InChI is InChI=1S/C12H24N2O4/c1-3-7-14(8-9-15)12(18)13-6-4-5-10(2)11(16)17/h10,15H,3-9H2,1-2H3,(H,13,18)(H,16,17). The van der Waals surface area contributed by atoms with Crippen LogP contribution in [0.25, 0.3) is 0 Å². The first kappa shape index (κ1) is 16.7. The van der Waals surface area contributed by atoms with Crippen molar-refractivity contribution in [2.45, 2.75) is 33.1 Å². The average Bonchev–Trinajstić information content (AvgIpc) is 2.33. The number of urea groups is 1. The van der Waals surface area contributed by atoms with Crippen molar-refractivity contribution in [3.63, 3.8) is 0 Å². The summed E-state index contributed by atoms with van der Waals surface area (Å²) in [5.74, 6) is -1.19. The van der Waals surface area contributed by atoms with E-state index in [0.29, 0.717) is 32.5 Å².